The monoisotopic (exact) mass is 213 g/mol. The van der Waals surface area contributed by atoms with Gasteiger partial charge < -0.3 is 15.1 Å². The Morgan fingerprint density at radius 2 is 2.21 bits per heavy atom. The number of hydrogen-bond acceptors (Lipinski definition) is 4. The van der Waals surface area contributed by atoms with Gasteiger partial charge in [0.05, 0.1) is 0 Å². The predicted molar refractivity (Wildman–Crippen MR) is 57.7 cm³/mol. The van der Waals surface area contributed by atoms with Gasteiger partial charge in [0.15, 0.2) is 5.37 Å². The summed E-state index contributed by atoms with van der Waals surface area (Å²) in [6.07, 6.45) is 1.95. The number of thioether (sulfide) groups is 1. The molecule has 0 radical (unpaired) electrons. The van der Waals surface area contributed by atoms with Crippen molar-refractivity contribution in [1.82, 2.24) is 15.1 Å². The minimum absolute atomic E-state index is 0.0342. The second-order valence-electron chi connectivity index (χ2n) is 3.51. The van der Waals surface area contributed by atoms with Crippen molar-refractivity contribution in [3.63, 3.8) is 0 Å². The highest BCUT2D eigenvalue weighted by molar-refractivity contribution is 8.03. The number of nitrogens with zero attached hydrogens (tertiary/aromatic N) is 2. The van der Waals surface area contributed by atoms with E-state index in [1.807, 2.05) is 28.5 Å². The first-order valence-electron chi connectivity index (χ1n) is 4.82. The van der Waals surface area contributed by atoms with Crippen LogP contribution in [0.4, 0.5) is 0 Å². The molecule has 0 aromatic rings. The molecule has 0 aromatic heterocycles. The number of rotatable bonds is 1. The van der Waals surface area contributed by atoms with E-state index >= 15 is 0 Å². The zero-order valence-electron chi connectivity index (χ0n) is 8.27. The molecule has 0 bridgehead atoms. The summed E-state index contributed by atoms with van der Waals surface area (Å²) in [6, 6.07) is 0. The summed E-state index contributed by atoms with van der Waals surface area (Å²) in [5.41, 5.74) is 0. The average molecular weight is 213 g/mol. The second kappa shape index (κ2) is 4.23. The Morgan fingerprint density at radius 1 is 1.50 bits per heavy atom. The molecule has 1 atom stereocenters. The van der Waals surface area contributed by atoms with E-state index < -0.39 is 0 Å². The normalized spacial score (nSPS) is 27.1. The van der Waals surface area contributed by atoms with Crippen molar-refractivity contribution >= 4 is 17.7 Å². The van der Waals surface area contributed by atoms with E-state index in [1.165, 1.54) is 0 Å². The molecule has 1 fully saturated rings. The number of amides is 1. The summed E-state index contributed by atoms with van der Waals surface area (Å²) in [5.74, 6) is 0.240. The quantitative estimate of drug-likeness (QED) is 0.659. The standard InChI is InChI=1S/C9H15N3OS/c1-11-6-7-14-9(11)8(13)12-4-2-10-3-5-12/h6-7,9-10H,2-5H2,1H3. The Labute approximate surface area is 88.3 Å². The Kier molecular flexibility index (Phi) is 2.98. The van der Waals surface area contributed by atoms with Crippen molar-refractivity contribution in [3.05, 3.63) is 11.6 Å². The van der Waals surface area contributed by atoms with Gasteiger partial charge in [-0.25, -0.2) is 0 Å². The Morgan fingerprint density at radius 3 is 2.79 bits per heavy atom. The van der Waals surface area contributed by atoms with E-state index in [2.05, 4.69) is 5.32 Å². The fourth-order valence-electron chi connectivity index (χ4n) is 1.65. The average Bonchev–Trinajstić information content (AvgIpc) is 2.65. The molecular formula is C9H15N3OS. The van der Waals surface area contributed by atoms with Crippen LogP contribution in [0.2, 0.25) is 0 Å². The van der Waals surface area contributed by atoms with Crippen LogP contribution in [0, 0.1) is 0 Å². The highest BCUT2D eigenvalue weighted by atomic mass is 32.2. The minimum atomic E-state index is -0.0342. The van der Waals surface area contributed by atoms with Gasteiger partial charge in [0.25, 0.3) is 5.91 Å². The Hall–Kier alpha value is -0.680. The van der Waals surface area contributed by atoms with Gasteiger partial charge in [-0.1, -0.05) is 11.8 Å². The molecule has 0 aromatic carbocycles. The van der Waals surface area contributed by atoms with E-state index in [-0.39, 0.29) is 11.3 Å². The highest BCUT2D eigenvalue weighted by Crippen LogP contribution is 2.24. The van der Waals surface area contributed by atoms with Gasteiger partial charge in [0, 0.05) is 39.4 Å². The first-order valence-corrected chi connectivity index (χ1v) is 5.77. The number of carbonyl (C=O) groups is 1. The van der Waals surface area contributed by atoms with Crippen molar-refractivity contribution in [3.8, 4) is 0 Å². The molecule has 0 spiro atoms. The first kappa shape index (κ1) is 9.86. The van der Waals surface area contributed by atoms with Crippen molar-refractivity contribution < 1.29 is 4.79 Å². The van der Waals surface area contributed by atoms with Crippen LogP contribution in [0.15, 0.2) is 11.6 Å². The van der Waals surface area contributed by atoms with Gasteiger partial charge in [-0.05, 0) is 5.41 Å². The van der Waals surface area contributed by atoms with E-state index in [9.17, 15) is 4.79 Å². The maximum atomic E-state index is 12.0. The number of likely N-dealkylation sites (N-methyl/N-ethyl adjacent to an activating group) is 1. The van der Waals surface area contributed by atoms with E-state index in [1.54, 1.807) is 11.8 Å². The number of nitrogens with one attached hydrogen (secondary N) is 1. The molecule has 2 aliphatic heterocycles. The van der Waals surface area contributed by atoms with E-state index in [0.29, 0.717) is 0 Å². The summed E-state index contributed by atoms with van der Waals surface area (Å²) in [4.78, 5) is 15.9. The molecule has 14 heavy (non-hydrogen) atoms. The van der Waals surface area contributed by atoms with Crippen molar-refractivity contribution in [2.24, 2.45) is 0 Å². The van der Waals surface area contributed by atoms with Crippen molar-refractivity contribution in [1.29, 1.82) is 0 Å². The molecule has 2 rings (SSSR count). The molecular weight excluding hydrogens is 198 g/mol. The van der Waals surface area contributed by atoms with Gasteiger partial charge in [-0.15, -0.1) is 0 Å². The molecule has 1 N–H and O–H groups in total. The molecule has 2 aliphatic rings. The molecule has 2 heterocycles. The van der Waals surface area contributed by atoms with Gasteiger partial charge >= 0.3 is 0 Å². The zero-order chi connectivity index (χ0) is 9.97. The minimum Gasteiger partial charge on any atom is -0.360 e. The highest BCUT2D eigenvalue weighted by Gasteiger charge is 2.29. The van der Waals surface area contributed by atoms with Crippen molar-refractivity contribution in [2.75, 3.05) is 33.2 Å². The molecule has 0 saturated carbocycles. The van der Waals surface area contributed by atoms with Crippen LogP contribution in [-0.2, 0) is 4.79 Å². The topological polar surface area (TPSA) is 35.6 Å². The lowest BCUT2D eigenvalue weighted by Crippen LogP contribution is -2.51. The molecule has 1 saturated heterocycles. The van der Waals surface area contributed by atoms with Crippen molar-refractivity contribution in [2.45, 2.75) is 5.37 Å². The van der Waals surface area contributed by atoms with Crippen LogP contribution in [0.3, 0.4) is 0 Å². The largest absolute Gasteiger partial charge is 0.360 e. The van der Waals surface area contributed by atoms with Crippen LogP contribution in [0.25, 0.3) is 0 Å². The van der Waals surface area contributed by atoms with Gasteiger partial charge in [-0.2, -0.15) is 0 Å². The van der Waals surface area contributed by atoms with Crippen LogP contribution in [-0.4, -0.2) is 54.3 Å². The molecule has 0 aliphatic carbocycles. The summed E-state index contributed by atoms with van der Waals surface area (Å²) in [7, 11) is 1.95. The Balaban J connectivity index is 1.93. The van der Waals surface area contributed by atoms with E-state index in [0.717, 1.165) is 26.2 Å². The van der Waals surface area contributed by atoms with Gasteiger partial charge in [0.2, 0.25) is 0 Å². The number of carbonyl (C=O) groups excluding carboxylic acids is 1. The summed E-state index contributed by atoms with van der Waals surface area (Å²) in [6.45, 7) is 3.51. The second-order valence-corrected chi connectivity index (χ2v) is 4.51. The summed E-state index contributed by atoms with van der Waals surface area (Å²) < 4.78 is 0. The number of hydrogen-bond donors (Lipinski definition) is 1. The van der Waals surface area contributed by atoms with Gasteiger partial charge in [-0.3, -0.25) is 4.79 Å². The third-order valence-electron chi connectivity index (χ3n) is 2.51. The molecule has 1 unspecified atom stereocenters. The molecule has 4 nitrogen and oxygen atoms in total. The Bertz CT molecular complexity index is 250. The van der Waals surface area contributed by atoms with Crippen LogP contribution in [0.5, 0.6) is 0 Å². The molecule has 78 valence electrons. The van der Waals surface area contributed by atoms with Crippen LogP contribution >= 0.6 is 11.8 Å². The molecule has 5 heteroatoms. The van der Waals surface area contributed by atoms with E-state index in [4.69, 9.17) is 0 Å². The SMILES string of the molecule is CN1C=CSC1C(=O)N1CCNCC1. The van der Waals surface area contributed by atoms with Crippen LogP contribution in [0.1, 0.15) is 0 Å². The predicted octanol–water partition coefficient (Wildman–Crippen LogP) is -0.106. The maximum absolute atomic E-state index is 12.0. The maximum Gasteiger partial charge on any atom is 0.256 e. The van der Waals surface area contributed by atoms with Gasteiger partial charge in [0.1, 0.15) is 0 Å². The fourth-order valence-corrected chi connectivity index (χ4v) is 2.59. The summed E-state index contributed by atoms with van der Waals surface area (Å²) >= 11 is 1.59. The first-order chi connectivity index (χ1) is 6.79. The van der Waals surface area contributed by atoms with Crippen LogP contribution < -0.4 is 5.32 Å². The lowest BCUT2D eigenvalue weighted by atomic mass is 10.3. The third kappa shape index (κ3) is 1.88. The summed E-state index contributed by atoms with van der Waals surface area (Å²) in [5, 5.41) is 5.18. The third-order valence-corrected chi connectivity index (χ3v) is 3.58. The smallest absolute Gasteiger partial charge is 0.256 e. The molecule has 1 amide bonds. The fraction of sp³-hybridized carbons (Fsp3) is 0.667. The number of piperazine rings is 1. The zero-order valence-corrected chi connectivity index (χ0v) is 9.09. The lowest BCUT2D eigenvalue weighted by Gasteiger charge is -2.31. The lowest BCUT2D eigenvalue weighted by molar-refractivity contribution is -0.133.